The molecule has 6 rings (SSSR count). The molecule has 216 valence electrons. The van der Waals surface area contributed by atoms with Crippen molar-refractivity contribution in [1.29, 1.82) is 0 Å². The van der Waals surface area contributed by atoms with Crippen LogP contribution in [0.4, 0.5) is 0 Å². The van der Waals surface area contributed by atoms with Gasteiger partial charge in [0.05, 0.1) is 34.7 Å². The summed E-state index contributed by atoms with van der Waals surface area (Å²) in [5.41, 5.74) is 2.47. The highest BCUT2D eigenvalue weighted by Crippen LogP contribution is 2.71. The van der Waals surface area contributed by atoms with Crippen LogP contribution < -0.4 is 10.6 Å². The van der Waals surface area contributed by atoms with E-state index < -0.39 is 33.4 Å². The summed E-state index contributed by atoms with van der Waals surface area (Å²) in [6, 6.07) is 15.7. The number of fused-ring (bicyclic) bond motifs is 2. The first-order chi connectivity index (χ1) is 19.8. The number of nitrogens with one attached hydrogen (secondary N) is 2. The Kier molecular flexibility index (Phi) is 7.27. The van der Waals surface area contributed by atoms with Gasteiger partial charge in [-0.15, -0.1) is 16.9 Å². The second-order valence-corrected chi connectivity index (χ2v) is 13.5. The predicted octanol–water partition coefficient (Wildman–Crippen LogP) is 2.12. The molecule has 3 fully saturated rings. The van der Waals surface area contributed by atoms with E-state index in [1.165, 1.54) is 0 Å². The summed E-state index contributed by atoms with van der Waals surface area (Å²) in [6.45, 7) is 4.38. The molecule has 3 saturated heterocycles. The molecule has 3 N–H and O–H groups in total. The van der Waals surface area contributed by atoms with E-state index in [1.807, 2.05) is 61.5 Å². The Morgan fingerprint density at radius 2 is 1.85 bits per heavy atom. The molecule has 10 nitrogen and oxygen atoms in total. The molecule has 0 aliphatic carbocycles. The first-order valence-corrected chi connectivity index (χ1v) is 15.2. The van der Waals surface area contributed by atoms with Crippen LogP contribution in [0, 0.1) is 11.8 Å². The maximum atomic E-state index is 14.4. The number of benzene rings is 2. The molecule has 2 aromatic carbocycles. The average Bonchev–Trinajstić information content (AvgIpc) is 3.69. The van der Waals surface area contributed by atoms with Crippen LogP contribution in [-0.2, 0) is 27.5 Å². The average molecular weight is 577 g/mol. The molecule has 6 atom stereocenters. The zero-order chi connectivity index (χ0) is 28.8. The Balaban J connectivity index is 1.36. The summed E-state index contributed by atoms with van der Waals surface area (Å²) < 4.78 is 0.413. The zero-order valence-corrected chi connectivity index (χ0v) is 24.1. The van der Waals surface area contributed by atoms with Crippen molar-refractivity contribution in [1.82, 2.24) is 30.5 Å². The maximum Gasteiger partial charge on any atom is 0.245 e. The third-order valence-corrected chi connectivity index (χ3v) is 11.0. The summed E-state index contributed by atoms with van der Waals surface area (Å²) >= 11 is 1.63. The summed E-state index contributed by atoms with van der Waals surface area (Å²) in [4.78, 5) is 43.8. The molecule has 1 aromatic heterocycles. The molecule has 4 heterocycles. The molecule has 2 unspecified atom stereocenters. The molecule has 11 heteroatoms. The van der Waals surface area contributed by atoms with E-state index >= 15 is 0 Å². The number of likely N-dealkylation sites (tertiary alicyclic amines) is 1. The van der Waals surface area contributed by atoms with Crippen LogP contribution in [0.5, 0.6) is 0 Å². The van der Waals surface area contributed by atoms with E-state index in [9.17, 15) is 19.5 Å². The molecule has 0 saturated carbocycles. The lowest BCUT2D eigenvalue weighted by Gasteiger charge is -2.37. The minimum Gasteiger partial charge on any atom is -0.394 e. The van der Waals surface area contributed by atoms with Crippen molar-refractivity contribution in [2.45, 2.75) is 67.8 Å². The summed E-state index contributed by atoms with van der Waals surface area (Å²) in [6.07, 6.45) is 2.58. The van der Waals surface area contributed by atoms with E-state index in [1.54, 1.807) is 21.3 Å². The largest absolute Gasteiger partial charge is 0.394 e. The number of nitrogens with zero attached hydrogens (tertiary/aromatic N) is 4. The van der Waals surface area contributed by atoms with Gasteiger partial charge in [0.25, 0.3) is 0 Å². The fraction of sp³-hybridized carbons (Fsp3) is 0.500. The monoisotopic (exact) mass is 576 g/mol. The van der Waals surface area contributed by atoms with Crippen molar-refractivity contribution in [2.24, 2.45) is 11.8 Å². The van der Waals surface area contributed by atoms with Gasteiger partial charge in [0.1, 0.15) is 18.2 Å². The molecule has 41 heavy (non-hydrogen) atoms. The summed E-state index contributed by atoms with van der Waals surface area (Å²) in [5.74, 6) is -1.84. The first-order valence-electron chi connectivity index (χ1n) is 14.3. The Hall–Kier alpha value is -3.44. The number of thioether (sulfide) groups is 1. The lowest BCUT2D eigenvalue weighted by Crippen LogP contribution is -2.57. The number of aliphatic hydroxyl groups excluding tert-OH is 1. The van der Waals surface area contributed by atoms with Gasteiger partial charge in [-0.05, 0) is 50.3 Å². The van der Waals surface area contributed by atoms with Crippen molar-refractivity contribution >= 4 is 40.5 Å². The lowest BCUT2D eigenvalue weighted by atomic mass is 9.66. The minimum absolute atomic E-state index is 0.0868. The Morgan fingerprint density at radius 1 is 1.10 bits per heavy atom. The maximum absolute atomic E-state index is 14.4. The molecule has 2 bridgehead atoms. The van der Waals surface area contributed by atoms with Crippen molar-refractivity contribution < 1.29 is 19.5 Å². The third kappa shape index (κ3) is 4.50. The number of carbonyl (C=O) groups excluding carboxylic acids is 3. The quantitative estimate of drug-likeness (QED) is 0.337. The zero-order valence-electron chi connectivity index (χ0n) is 23.3. The van der Waals surface area contributed by atoms with Crippen LogP contribution in [0.2, 0.25) is 0 Å². The third-order valence-electron chi connectivity index (χ3n) is 9.04. The van der Waals surface area contributed by atoms with Crippen LogP contribution in [0.15, 0.2) is 54.6 Å². The number of aromatic nitrogens is 3. The van der Waals surface area contributed by atoms with E-state index in [-0.39, 0.29) is 31.0 Å². The lowest BCUT2D eigenvalue weighted by molar-refractivity contribution is -0.143. The molecule has 3 aromatic rings. The molecular formula is C30H36N6O4S. The van der Waals surface area contributed by atoms with Gasteiger partial charge in [0.15, 0.2) is 0 Å². The fourth-order valence-electron chi connectivity index (χ4n) is 7.24. The molecule has 1 spiro atoms. The van der Waals surface area contributed by atoms with Gasteiger partial charge < -0.3 is 20.6 Å². The van der Waals surface area contributed by atoms with Crippen LogP contribution in [0.3, 0.4) is 0 Å². The highest BCUT2D eigenvalue weighted by molar-refractivity contribution is 8.02. The van der Waals surface area contributed by atoms with Crippen LogP contribution in [0.1, 0.15) is 38.7 Å². The van der Waals surface area contributed by atoms with Gasteiger partial charge in [0, 0.05) is 11.3 Å². The van der Waals surface area contributed by atoms with Gasteiger partial charge in [-0.3, -0.25) is 14.4 Å². The van der Waals surface area contributed by atoms with E-state index in [0.717, 1.165) is 29.4 Å². The standard InChI is InChI=1S/C30H36N6O4S/c1-3-15-31-26(38)23-24-28(40)36(20(17-37)16-19-9-5-4-6-10-19)25(30(24)14-13-29(23,2)41-30)27(39)32-18-35-22-12-8-7-11-21(22)33-34-35/h4-12,20,23-25,37H,3,13-18H2,1-2H3,(H,31,38)(H,32,39)/t20-,23-,24+,25?,29+,30?/m1/s1. The highest BCUT2D eigenvalue weighted by Gasteiger charge is 2.77. The topological polar surface area (TPSA) is 129 Å². The van der Waals surface area contributed by atoms with E-state index in [2.05, 4.69) is 27.9 Å². The molecule has 3 aliphatic heterocycles. The normalized spacial score (nSPS) is 29.1. The number of carbonyl (C=O) groups is 3. The van der Waals surface area contributed by atoms with Gasteiger partial charge >= 0.3 is 0 Å². The SMILES string of the molecule is CCCNC(=O)[C@H]1[C@H]2C(=O)N([C@@H](CO)Cc3ccccc3)C(C(=O)NCn3nnc4ccccc43)C23CC[C@]1(C)S3. The Labute approximate surface area is 243 Å². The Morgan fingerprint density at radius 3 is 2.61 bits per heavy atom. The second kappa shape index (κ2) is 10.8. The molecule has 0 radical (unpaired) electrons. The van der Waals surface area contributed by atoms with Gasteiger partial charge in [-0.25, -0.2) is 4.68 Å². The fourth-order valence-corrected chi connectivity index (χ4v) is 9.58. The molecular weight excluding hydrogens is 540 g/mol. The Bertz CT molecular complexity index is 1470. The number of rotatable bonds is 10. The van der Waals surface area contributed by atoms with Crippen molar-refractivity contribution in [3.8, 4) is 0 Å². The van der Waals surface area contributed by atoms with Crippen molar-refractivity contribution in [3.05, 3.63) is 60.2 Å². The highest BCUT2D eigenvalue weighted by atomic mass is 32.2. The number of amides is 3. The predicted molar refractivity (Wildman–Crippen MR) is 156 cm³/mol. The van der Waals surface area contributed by atoms with Gasteiger partial charge in [-0.2, -0.15) is 0 Å². The second-order valence-electron chi connectivity index (χ2n) is 11.6. The van der Waals surface area contributed by atoms with Crippen molar-refractivity contribution in [2.75, 3.05) is 13.2 Å². The number of aliphatic hydroxyl groups is 1. The number of para-hydroxylation sites is 1. The van der Waals surface area contributed by atoms with Gasteiger partial charge in [0.2, 0.25) is 17.7 Å². The summed E-state index contributed by atoms with van der Waals surface area (Å²) in [7, 11) is 0. The minimum atomic E-state index is -0.841. The molecule has 3 aliphatic rings. The smallest absolute Gasteiger partial charge is 0.245 e. The van der Waals surface area contributed by atoms with Crippen LogP contribution >= 0.6 is 11.8 Å². The van der Waals surface area contributed by atoms with Gasteiger partial charge in [-0.1, -0.05) is 54.6 Å². The molecule has 3 amide bonds. The van der Waals surface area contributed by atoms with E-state index in [4.69, 9.17) is 0 Å². The first kappa shape index (κ1) is 27.7. The summed E-state index contributed by atoms with van der Waals surface area (Å²) in [5, 5.41) is 25.0. The van der Waals surface area contributed by atoms with Crippen LogP contribution in [-0.4, -0.2) is 77.5 Å². The van der Waals surface area contributed by atoms with E-state index in [0.29, 0.717) is 19.4 Å². The number of hydrogen-bond donors (Lipinski definition) is 3. The number of hydrogen-bond acceptors (Lipinski definition) is 7. The van der Waals surface area contributed by atoms with Crippen LogP contribution in [0.25, 0.3) is 11.0 Å². The van der Waals surface area contributed by atoms with Crippen molar-refractivity contribution in [3.63, 3.8) is 0 Å².